The third kappa shape index (κ3) is 3.61. The predicted molar refractivity (Wildman–Crippen MR) is 136 cm³/mol. The highest BCUT2D eigenvalue weighted by atomic mass is 16.7. The molecule has 0 saturated carbocycles. The molecular formula is C30H22N4O3. The molecule has 3 aromatic rings. The molecule has 3 aromatic carbocycles. The number of hydrogen-bond donors (Lipinski definition) is 1. The number of rotatable bonds is 3. The van der Waals surface area contributed by atoms with Crippen molar-refractivity contribution in [3.05, 3.63) is 112 Å². The summed E-state index contributed by atoms with van der Waals surface area (Å²) in [7, 11) is 0. The van der Waals surface area contributed by atoms with E-state index in [9.17, 15) is 15.3 Å². The minimum absolute atomic E-state index is 0.0440. The van der Waals surface area contributed by atoms with E-state index in [1.165, 1.54) is 0 Å². The van der Waals surface area contributed by atoms with Gasteiger partial charge in [-0.1, -0.05) is 48.5 Å². The molecule has 2 aliphatic heterocycles. The fourth-order valence-electron chi connectivity index (χ4n) is 5.55. The monoisotopic (exact) mass is 486 g/mol. The number of para-hydroxylation sites is 1. The third-order valence-electron chi connectivity index (χ3n) is 7.23. The minimum atomic E-state index is -0.649. The molecule has 0 amide bonds. The van der Waals surface area contributed by atoms with Gasteiger partial charge < -0.3 is 15.2 Å². The van der Waals surface area contributed by atoms with Crippen molar-refractivity contribution in [1.29, 1.82) is 10.5 Å². The van der Waals surface area contributed by atoms with Crippen LogP contribution in [0.3, 0.4) is 0 Å². The van der Waals surface area contributed by atoms with E-state index in [4.69, 9.17) is 15.2 Å². The van der Waals surface area contributed by atoms with Crippen molar-refractivity contribution < 1.29 is 14.3 Å². The summed E-state index contributed by atoms with van der Waals surface area (Å²) in [5, 5.41) is 20.2. The molecule has 0 saturated heterocycles. The lowest BCUT2D eigenvalue weighted by Gasteiger charge is -2.41. The first-order valence-corrected chi connectivity index (χ1v) is 12.0. The molecular weight excluding hydrogens is 464 g/mol. The fraction of sp³-hybridized carbons (Fsp3) is 0.167. The molecule has 0 spiro atoms. The van der Waals surface area contributed by atoms with Crippen molar-refractivity contribution in [3.63, 3.8) is 0 Å². The van der Waals surface area contributed by atoms with Gasteiger partial charge in [0, 0.05) is 17.7 Å². The van der Waals surface area contributed by atoms with Crippen LogP contribution in [-0.4, -0.2) is 12.6 Å². The molecule has 2 atom stereocenters. The minimum Gasteiger partial charge on any atom is -0.454 e. The van der Waals surface area contributed by atoms with Gasteiger partial charge in [0.05, 0.1) is 28.8 Å². The van der Waals surface area contributed by atoms with E-state index in [-0.39, 0.29) is 29.9 Å². The number of carbonyl (C=O) groups is 1. The van der Waals surface area contributed by atoms with Crippen LogP contribution in [0.25, 0.3) is 0 Å². The second-order valence-electron chi connectivity index (χ2n) is 9.22. The van der Waals surface area contributed by atoms with E-state index in [1.807, 2.05) is 48.5 Å². The highest BCUT2D eigenvalue weighted by molar-refractivity contribution is 6.02. The summed E-state index contributed by atoms with van der Waals surface area (Å²) in [6, 6.07) is 27.0. The Balaban J connectivity index is 1.58. The number of benzene rings is 3. The Bertz CT molecular complexity index is 1580. The highest BCUT2D eigenvalue weighted by Gasteiger charge is 2.43. The van der Waals surface area contributed by atoms with Gasteiger partial charge in [0.15, 0.2) is 17.3 Å². The summed E-state index contributed by atoms with van der Waals surface area (Å²) < 4.78 is 11.0. The lowest BCUT2D eigenvalue weighted by atomic mass is 9.71. The molecule has 2 N–H and O–H groups in total. The molecule has 2 heterocycles. The van der Waals surface area contributed by atoms with Crippen molar-refractivity contribution in [1.82, 2.24) is 0 Å². The van der Waals surface area contributed by atoms with Crippen molar-refractivity contribution in [2.45, 2.75) is 24.7 Å². The number of hydrogen-bond acceptors (Lipinski definition) is 7. The Morgan fingerprint density at radius 1 is 0.865 bits per heavy atom. The van der Waals surface area contributed by atoms with Gasteiger partial charge in [-0.3, -0.25) is 9.69 Å². The Morgan fingerprint density at radius 3 is 2.41 bits per heavy atom. The quantitative estimate of drug-likeness (QED) is 0.555. The zero-order chi connectivity index (χ0) is 25.5. The largest absolute Gasteiger partial charge is 0.454 e. The van der Waals surface area contributed by atoms with Gasteiger partial charge in [-0.2, -0.15) is 10.5 Å². The van der Waals surface area contributed by atoms with Crippen LogP contribution >= 0.6 is 0 Å². The average Bonchev–Trinajstić information content (AvgIpc) is 3.41. The molecule has 7 nitrogen and oxygen atoms in total. The fourth-order valence-corrected chi connectivity index (χ4v) is 5.55. The summed E-state index contributed by atoms with van der Waals surface area (Å²) in [5.41, 5.74) is 11.0. The van der Waals surface area contributed by atoms with Gasteiger partial charge >= 0.3 is 0 Å². The molecule has 6 rings (SSSR count). The predicted octanol–water partition coefficient (Wildman–Crippen LogP) is 4.99. The van der Waals surface area contributed by atoms with Crippen LogP contribution in [0.4, 0.5) is 5.69 Å². The van der Waals surface area contributed by atoms with E-state index >= 15 is 0 Å². The van der Waals surface area contributed by atoms with Crippen LogP contribution in [0.15, 0.2) is 95.5 Å². The van der Waals surface area contributed by atoms with E-state index in [2.05, 4.69) is 12.1 Å². The molecule has 2 unspecified atom stereocenters. The number of nitrogens with zero attached hydrogens (tertiary/aromatic N) is 3. The number of ether oxygens (including phenoxy) is 2. The number of nitrogens with two attached hydrogens (primary N) is 1. The number of allylic oxidation sites excluding steroid dienone is 3. The van der Waals surface area contributed by atoms with Gasteiger partial charge in [0.2, 0.25) is 6.79 Å². The van der Waals surface area contributed by atoms with Crippen LogP contribution in [0, 0.1) is 22.7 Å². The molecule has 0 aromatic heterocycles. The third-order valence-corrected chi connectivity index (χ3v) is 7.23. The van der Waals surface area contributed by atoms with E-state index < -0.39 is 5.92 Å². The Morgan fingerprint density at radius 2 is 1.62 bits per heavy atom. The van der Waals surface area contributed by atoms with Crippen LogP contribution in [0.5, 0.6) is 11.5 Å². The molecule has 0 fully saturated rings. The number of ketones is 1. The maximum atomic E-state index is 14.0. The maximum Gasteiger partial charge on any atom is 0.231 e. The molecule has 1 aliphatic carbocycles. The number of nitriles is 2. The first kappa shape index (κ1) is 22.5. The van der Waals surface area contributed by atoms with Gasteiger partial charge in [0.1, 0.15) is 11.9 Å². The first-order valence-electron chi connectivity index (χ1n) is 12.0. The number of anilines is 1. The van der Waals surface area contributed by atoms with Crippen molar-refractivity contribution >= 4 is 11.5 Å². The van der Waals surface area contributed by atoms with E-state index in [1.54, 1.807) is 29.2 Å². The molecule has 3 aliphatic rings. The number of fused-ring (bicyclic) bond motifs is 1. The van der Waals surface area contributed by atoms with Crippen molar-refractivity contribution in [2.24, 2.45) is 5.73 Å². The van der Waals surface area contributed by atoms with Crippen LogP contribution in [0.2, 0.25) is 0 Å². The summed E-state index contributed by atoms with van der Waals surface area (Å²) in [5.74, 6) is 0.652. The Labute approximate surface area is 214 Å². The number of Topliss-reactive ketones (excluding diaryl/α,β-unsaturated/α-hetero) is 1. The normalized spacial score (nSPS) is 20.4. The van der Waals surface area contributed by atoms with Gasteiger partial charge in [0.25, 0.3) is 0 Å². The maximum absolute atomic E-state index is 14.0. The van der Waals surface area contributed by atoms with Gasteiger partial charge in [-0.15, -0.1) is 0 Å². The SMILES string of the molecule is N#CC1=C(N)N(c2ccccc2C#N)C2=C(C(=O)CC(c3ccccc3)C2)C1c1ccc2c(c1)OCO2. The average molecular weight is 487 g/mol. The summed E-state index contributed by atoms with van der Waals surface area (Å²) in [4.78, 5) is 15.7. The van der Waals surface area contributed by atoms with Crippen LogP contribution in [0.1, 0.15) is 41.4 Å². The lowest BCUT2D eigenvalue weighted by Crippen LogP contribution is -2.40. The van der Waals surface area contributed by atoms with Gasteiger partial charge in [-0.05, 0) is 47.7 Å². The second kappa shape index (κ2) is 8.89. The van der Waals surface area contributed by atoms with E-state index in [0.717, 1.165) is 11.1 Å². The summed E-state index contributed by atoms with van der Waals surface area (Å²) in [6.45, 7) is 0.122. The standard InChI is InChI=1S/C30H22N4O3/c31-15-20-8-4-5-9-23(20)34-24-12-21(18-6-2-1-3-7-18)13-25(35)29(24)28(22(16-32)30(34)33)19-10-11-26-27(14-19)37-17-36-26/h1-11,14,21,28H,12-13,17,33H2. The zero-order valence-corrected chi connectivity index (χ0v) is 19.8. The summed E-state index contributed by atoms with van der Waals surface area (Å²) >= 11 is 0. The van der Waals surface area contributed by atoms with Gasteiger partial charge in [-0.25, -0.2) is 0 Å². The highest BCUT2D eigenvalue weighted by Crippen LogP contribution is 2.50. The van der Waals surface area contributed by atoms with E-state index in [0.29, 0.717) is 46.9 Å². The Kier molecular flexibility index (Phi) is 5.40. The molecule has 0 bridgehead atoms. The summed E-state index contributed by atoms with van der Waals surface area (Å²) in [6.07, 6.45) is 0.849. The topological polar surface area (TPSA) is 112 Å². The molecule has 37 heavy (non-hydrogen) atoms. The molecule has 7 heteroatoms. The zero-order valence-electron chi connectivity index (χ0n) is 19.8. The molecule has 0 radical (unpaired) electrons. The lowest BCUT2D eigenvalue weighted by molar-refractivity contribution is -0.116. The Hall–Kier alpha value is -5.01. The first-order chi connectivity index (χ1) is 18.1. The molecule has 180 valence electrons. The van der Waals surface area contributed by atoms with Crippen molar-refractivity contribution in [2.75, 3.05) is 11.7 Å². The van der Waals surface area contributed by atoms with Crippen LogP contribution < -0.4 is 20.1 Å². The smallest absolute Gasteiger partial charge is 0.231 e. The number of carbonyl (C=O) groups excluding carboxylic acids is 1. The second-order valence-corrected chi connectivity index (χ2v) is 9.22. The van der Waals surface area contributed by atoms with Crippen LogP contribution in [-0.2, 0) is 4.79 Å². The van der Waals surface area contributed by atoms with Crippen molar-refractivity contribution in [3.8, 4) is 23.6 Å².